The van der Waals surface area contributed by atoms with Gasteiger partial charge in [0.2, 0.25) is 0 Å². The van der Waals surface area contributed by atoms with Crippen molar-refractivity contribution >= 4 is 45.5 Å². The average Bonchev–Trinajstić information content (AvgIpc) is 2.55. The molecule has 2 aliphatic rings. The molecule has 0 fully saturated rings. The lowest BCUT2D eigenvalue weighted by atomic mass is 10.1. The number of allylic oxidation sites excluding steroid dienone is 3. The summed E-state index contributed by atoms with van der Waals surface area (Å²) < 4.78 is 2.23. The number of hydrogen-bond acceptors (Lipinski definition) is 0. The lowest BCUT2D eigenvalue weighted by Crippen LogP contribution is -2.17. The third kappa shape index (κ3) is 4.41. The summed E-state index contributed by atoms with van der Waals surface area (Å²) in [6.45, 7) is 11.3. The zero-order valence-corrected chi connectivity index (χ0v) is 16.9. The van der Waals surface area contributed by atoms with Crippen molar-refractivity contribution in [1.29, 1.82) is 0 Å². The highest BCUT2D eigenvalue weighted by atomic mass is 79.9. The van der Waals surface area contributed by atoms with Crippen molar-refractivity contribution in [2.75, 3.05) is 0 Å². The highest BCUT2D eigenvalue weighted by molar-refractivity contribution is 9.11. The molecule has 0 aromatic heterocycles. The minimum atomic E-state index is -1.03. The second kappa shape index (κ2) is 6.63. The second-order valence-corrected chi connectivity index (χ2v) is 13.7. The number of halogens is 2. The van der Waals surface area contributed by atoms with Gasteiger partial charge in [-0.25, -0.2) is 0 Å². The summed E-state index contributed by atoms with van der Waals surface area (Å²) in [6, 6.07) is 11.9. The predicted molar refractivity (Wildman–Crippen MR) is 105 cm³/mol. The molecule has 0 aliphatic heterocycles. The molecular formula is C18H20Br2Si. The topological polar surface area (TPSA) is 0 Å². The summed E-state index contributed by atoms with van der Waals surface area (Å²) in [6.07, 6.45) is 4.43. The van der Waals surface area contributed by atoms with Crippen LogP contribution in [0.1, 0.15) is 5.56 Å². The molecule has 0 amide bonds. The van der Waals surface area contributed by atoms with Gasteiger partial charge in [-0.15, -0.1) is 0 Å². The highest BCUT2D eigenvalue weighted by Crippen LogP contribution is 2.39. The van der Waals surface area contributed by atoms with Crippen LogP contribution in [-0.2, 0) is 0 Å². The van der Waals surface area contributed by atoms with Gasteiger partial charge in [-0.2, -0.15) is 0 Å². The molecule has 0 atom stereocenters. The van der Waals surface area contributed by atoms with Gasteiger partial charge in [0.15, 0.2) is 0 Å². The van der Waals surface area contributed by atoms with Crippen LogP contribution in [0.5, 0.6) is 0 Å². The quantitative estimate of drug-likeness (QED) is 0.359. The maximum Gasteiger partial charge on any atom is 0.0480 e. The molecule has 3 heteroatoms. The third-order valence-corrected chi connectivity index (χ3v) is 6.11. The molecule has 2 rings (SSSR count). The van der Waals surface area contributed by atoms with Gasteiger partial charge >= 0.3 is 0 Å². The van der Waals surface area contributed by atoms with E-state index in [0.717, 1.165) is 20.1 Å². The van der Waals surface area contributed by atoms with Crippen molar-refractivity contribution in [1.82, 2.24) is 0 Å². The van der Waals surface area contributed by atoms with Gasteiger partial charge in [-0.05, 0) is 34.4 Å². The lowest BCUT2D eigenvalue weighted by Gasteiger charge is -2.11. The number of fused-ring (bicyclic) bond motifs is 1. The Morgan fingerprint density at radius 2 is 1.57 bits per heavy atom. The molecule has 21 heavy (non-hydrogen) atoms. The molecule has 0 spiro atoms. The van der Waals surface area contributed by atoms with Gasteiger partial charge in [0.05, 0.1) is 0 Å². The molecule has 0 bridgehead atoms. The van der Waals surface area contributed by atoms with Crippen molar-refractivity contribution in [3.8, 4) is 11.1 Å². The van der Waals surface area contributed by atoms with Gasteiger partial charge in [-0.1, -0.05) is 94.5 Å². The predicted octanol–water partition coefficient (Wildman–Crippen LogP) is 7.22. The summed E-state index contributed by atoms with van der Waals surface area (Å²) in [5.74, 6) is 0. The standard InChI is InChI=1S/C18H20Br2Si/c1-13(6-5-11-21(2,3)4)14-7-9-15-16(10-8-14)18(20)12-17(15)19/h5-10,12H,1,11H2,2-4H3/b6-5+. The smallest absolute Gasteiger partial charge is 0.0480 e. The first-order chi connectivity index (χ1) is 9.78. The van der Waals surface area contributed by atoms with Crippen LogP contribution in [-0.4, -0.2) is 8.07 Å². The lowest BCUT2D eigenvalue weighted by molar-refractivity contribution is 1.51. The van der Waals surface area contributed by atoms with E-state index in [-0.39, 0.29) is 0 Å². The van der Waals surface area contributed by atoms with Crippen LogP contribution < -0.4 is 0 Å². The fraction of sp³-hybridized carbons (Fsp3) is 0.222. The molecule has 0 saturated carbocycles. The third-order valence-electron chi connectivity index (χ3n) is 3.34. The van der Waals surface area contributed by atoms with E-state index in [2.05, 4.69) is 101 Å². The molecule has 0 aromatic carbocycles. The van der Waals surface area contributed by atoms with Gasteiger partial charge in [0.1, 0.15) is 0 Å². The first kappa shape index (κ1) is 16.7. The normalized spacial score (nSPS) is 12.2. The monoisotopic (exact) mass is 422 g/mol. The highest BCUT2D eigenvalue weighted by Gasteiger charge is 2.12. The molecule has 0 radical (unpaired) electrons. The minimum Gasteiger partial charge on any atom is -0.0912 e. The van der Waals surface area contributed by atoms with E-state index in [1.54, 1.807) is 0 Å². The molecule has 0 N–H and O–H groups in total. The van der Waals surface area contributed by atoms with E-state index in [1.165, 1.54) is 17.2 Å². The van der Waals surface area contributed by atoms with E-state index >= 15 is 0 Å². The molecule has 0 nitrogen and oxygen atoms in total. The van der Waals surface area contributed by atoms with Gasteiger partial charge in [0, 0.05) is 17.0 Å². The van der Waals surface area contributed by atoms with Crippen LogP contribution in [0.15, 0.2) is 58.0 Å². The Morgan fingerprint density at radius 1 is 1.05 bits per heavy atom. The molecule has 0 unspecified atom stereocenters. The Hall–Kier alpha value is -0.643. The fourth-order valence-electron chi connectivity index (χ4n) is 2.13. The van der Waals surface area contributed by atoms with Crippen molar-refractivity contribution in [2.45, 2.75) is 25.7 Å². The summed E-state index contributed by atoms with van der Waals surface area (Å²) in [5.41, 5.74) is 4.66. The van der Waals surface area contributed by atoms with Gasteiger partial charge < -0.3 is 0 Å². The molecule has 110 valence electrons. The molecule has 0 aromatic rings. The van der Waals surface area contributed by atoms with Gasteiger partial charge in [-0.3, -0.25) is 0 Å². The van der Waals surface area contributed by atoms with Crippen molar-refractivity contribution < 1.29 is 0 Å². The Labute approximate surface area is 145 Å². The summed E-state index contributed by atoms with van der Waals surface area (Å²) in [7, 11) is -1.03. The fourth-order valence-corrected chi connectivity index (χ4v) is 4.41. The van der Waals surface area contributed by atoms with Crippen molar-refractivity contribution in [2.24, 2.45) is 0 Å². The molecule has 0 heterocycles. The average molecular weight is 424 g/mol. The van der Waals surface area contributed by atoms with Gasteiger partial charge in [0.25, 0.3) is 0 Å². The van der Waals surface area contributed by atoms with Crippen molar-refractivity contribution in [3.05, 3.63) is 63.6 Å². The van der Waals surface area contributed by atoms with E-state index in [9.17, 15) is 0 Å². The van der Waals surface area contributed by atoms with E-state index in [1.807, 2.05) is 0 Å². The van der Waals surface area contributed by atoms with Crippen LogP contribution >= 0.6 is 31.9 Å². The SMILES string of the molecule is C=C(/C=C/C[Si](C)(C)C)c1ccc2c(Br)cc(Br)c-2cc1. The van der Waals surface area contributed by atoms with Crippen molar-refractivity contribution in [3.63, 3.8) is 0 Å². The Morgan fingerprint density at radius 3 is 2.05 bits per heavy atom. The maximum atomic E-state index is 4.20. The molecule has 0 saturated heterocycles. The summed E-state index contributed by atoms with van der Waals surface area (Å²) in [4.78, 5) is 0. The van der Waals surface area contributed by atoms with E-state index in [4.69, 9.17) is 0 Å². The Kier molecular flexibility index (Phi) is 5.28. The molecular weight excluding hydrogens is 404 g/mol. The van der Waals surface area contributed by atoms with Crippen LogP contribution in [0.4, 0.5) is 0 Å². The molecule has 2 aliphatic carbocycles. The second-order valence-electron chi connectivity index (χ2n) is 6.48. The van der Waals surface area contributed by atoms with E-state index in [0.29, 0.717) is 0 Å². The van der Waals surface area contributed by atoms with Crippen LogP contribution in [0.25, 0.3) is 16.7 Å². The summed E-state index contributed by atoms with van der Waals surface area (Å²) in [5, 5.41) is 0. The van der Waals surface area contributed by atoms with Crippen LogP contribution in [0, 0.1) is 0 Å². The first-order valence-electron chi connectivity index (χ1n) is 7.01. The number of hydrogen-bond donors (Lipinski definition) is 0. The summed E-state index contributed by atoms with van der Waals surface area (Å²) >= 11 is 7.20. The zero-order valence-electron chi connectivity index (χ0n) is 12.7. The Bertz CT molecular complexity index is 629. The van der Waals surface area contributed by atoms with Crippen LogP contribution in [0.2, 0.25) is 25.7 Å². The minimum absolute atomic E-state index is 1.03. The van der Waals surface area contributed by atoms with E-state index < -0.39 is 8.07 Å². The zero-order chi connectivity index (χ0) is 15.6. The largest absolute Gasteiger partial charge is 0.0912 e. The maximum absolute atomic E-state index is 4.20. The number of rotatable bonds is 4. The first-order valence-corrected chi connectivity index (χ1v) is 12.3. The van der Waals surface area contributed by atoms with Crippen LogP contribution in [0.3, 0.4) is 0 Å². The Balaban J connectivity index is 2.26.